The second kappa shape index (κ2) is 148. The van der Waals surface area contributed by atoms with Gasteiger partial charge in [-0.3, -0.25) is 0 Å². The number of unbranched alkanes of at least 4 members (excludes halogenated alkanes) is 3. The Morgan fingerprint density at radius 3 is 0.600 bits per heavy atom. The summed E-state index contributed by atoms with van der Waals surface area (Å²) in [5.41, 5.74) is 0. The van der Waals surface area contributed by atoms with E-state index >= 15 is 0 Å². The topological polar surface area (TPSA) is 0 Å². The van der Waals surface area contributed by atoms with Crippen molar-refractivity contribution in [2.45, 2.75) is 106 Å². The maximum atomic E-state index is 2.23. The maximum absolute atomic E-state index is 2.23. The van der Waals surface area contributed by atoms with Gasteiger partial charge in [-0.15, -0.1) is 0 Å². The highest BCUT2D eigenvalue weighted by Gasteiger charge is 1.75. The van der Waals surface area contributed by atoms with Gasteiger partial charge in [0.1, 0.15) is 0 Å². The van der Waals surface area contributed by atoms with Crippen LogP contribution in [-0.4, -0.2) is 0 Å². The van der Waals surface area contributed by atoms with Crippen LogP contribution in [0.25, 0.3) is 0 Å². The first-order valence-electron chi connectivity index (χ1n) is 2.91. The summed E-state index contributed by atoms with van der Waals surface area (Å²) in [7, 11) is 0. The van der Waals surface area contributed by atoms with Crippen molar-refractivity contribution in [3.8, 4) is 0 Å². The normalized spacial score (nSPS) is 3.60. The Hall–Kier alpha value is 0. The molecular weight excluding hydrogens is 180 g/mol. The lowest BCUT2D eigenvalue weighted by atomic mass is 10.2. The molecule has 0 fully saturated rings. The summed E-state index contributed by atoms with van der Waals surface area (Å²) in [5, 5.41) is 0. The molecule has 0 rings (SSSR count). The molecule has 0 radical (unpaired) electrons. The average molecular weight is 231 g/mol. The van der Waals surface area contributed by atoms with Crippen LogP contribution < -0.4 is 0 Å². The highest BCUT2D eigenvalue weighted by atomic mass is 13.8. The molecule has 0 heteroatoms. The first-order valence-corrected chi connectivity index (χ1v) is 2.91. The Morgan fingerprint density at radius 2 is 0.533 bits per heavy atom. The molecule has 0 atom stereocenters. The van der Waals surface area contributed by atoms with Crippen molar-refractivity contribution in [2.75, 3.05) is 0 Å². The molecule has 0 aliphatic carbocycles. The van der Waals surface area contributed by atoms with E-state index in [1.807, 2.05) is 0 Å². The van der Waals surface area contributed by atoms with Crippen LogP contribution in [0.3, 0.4) is 0 Å². The van der Waals surface area contributed by atoms with Crippen molar-refractivity contribution < 1.29 is 0 Å². The lowest BCUT2D eigenvalue weighted by molar-refractivity contribution is 0.702. The van der Waals surface area contributed by atoms with Crippen molar-refractivity contribution in [3.63, 3.8) is 0 Å². The summed E-state index contributed by atoms with van der Waals surface area (Å²) < 4.78 is 0. The third-order valence-corrected chi connectivity index (χ3v) is 0.957. The molecule has 0 amide bonds. The molecule has 0 aromatic carbocycles. The third-order valence-electron chi connectivity index (χ3n) is 0.957. The number of rotatable bonds is 3. The zero-order chi connectivity index (χ0) is 4.83. The molecule has 0 heterocycles. The smallest absolute Gasteiger partial charge is 0.0536 e. The van der Waals surface area contributed by atoms with Gasteiger partial charge in [0.15, 0.2) is 0 Å². The first-order chi connectivity index (χ1) is 2.91. The van der Waals surface area contributed by atoms with Gasteiger partial charge < -0.3 is 0 Å². The van der Waals surface area contributed by atoms with Crippen molar-refractivity contribution >= 4 is 0 Å². The van der Waals surface area contributed by atoms with Crippen LogP contribution in [0.15, 0.2) is 0 Å². The molecule has 0 aromatic rings. The summed E-state index contributed by atoms with van der Waals surface area (Å²) in [4.78, 5) is 0. The minimum Gasteiger partial charge on any atom is -0.0776 e. The van der Waals surface area contributed by atoms with Crippen LogP contribution >= 0.6 is 0 Å². The highest BCUT2D eigenvalue weighted by molar-refractivity contribution is 4.31. The second-order valence-corrected chi connectivity index (χ2v) is 1.71. The zero-order valence-corrected chi connectivity index (χ0v) is 4.83. The Labute approximate surface area is 107 Å². The zero-order valence-electron chi connectivity index (χ0n) is 4.83. The minimum atomic E-state index is 0. The highest BCUT2D eigenvalue weighted by Crippen LogP contribution is 1.95. The van der Waals surface area contributed by atoms with Gasteiger partial charge in [0.2, 0.25) is 0 Å². The molecule has 0 aliphatic rings. The first kappa shape index (κ1) is 118. The van der Waals surface area contributed by atoms with E-state index in [0.717, 1.165) is 0 Å². The van der Waals surface area contributed by atoms with Crippen molar-refractivity contribution in [3.05, 3.63) is 0 Å². The average Bonchev–Trinajstić information content (AvgIpc) is 1.61. The molecule has 0 saturated carbocycles. The predicted octanol–water partition coefficient (Wildman–Crippen LogP) is 8.31. The van der Waals surface area contributed by atoms with Gasteiger partial charge >= 0.3 is 0 Å². The van der Waals surface area contributed by atoms with Crippen LogP contribution in [0.2, 0.25) is 0 Å². The molecule has 0 aliphatic heterocycles. The fourth-order valence-electron chi connectivity index (χ4n) is 0.500. The summed E-state index contributed by atoms with van der Waals surface area (Å²) in [6.45, 7) is 4.46. The quantitative estimate of drug-likeness (QED) is 0.428. The summed E-state index contributed by atoms with van der Waals surface area (Å²) in [5.74, 6) is 0. The maximum Gasteiger partial charge on any atom is -0.0536 e. The summed E-state index contributed by atoms with van der Waals surface area (Å²) in [6, 6.07) is 0. The molecular formula is C15H50. The van der Waals surface area contributed by atoms with Crippen LogP contribution in [0.4, 0.5) is 0 Å². The van der Waals surface area contributed by atoms with Gasteiger partial charge in [-0.05, 0) is 0 Å². The van der Waals surface area contributed by atoms with Crippen LogP contribution in [0.1, 0.15) is 106 Å². The van der Waals surface area contributed by atoms with Gasteiger partial charge in [-0.2, -0.15) is 0 Å². The molecule has 15 heavy (non-hydrogen) atoms. The molecule has 0 unspecified atom stereocenters. The van der Waals surface area contributed by atoms with Crippen molar-refractivity contribution in [1.29, 1.82) is 0 Å². The molecule has 0 N–H and O–H groups in total. The number of hydrogen-bond acceptors (Lipinski definition) is 0. The Balaban J connectivity index is -0.00000000347. The van der Waals surface area contributed by atoms with E-state index in [0.29, 0.717) is 0 Å². The van der Waals surface area contributed by atoms with E-state index in [-0.39, 0.29) is 66.8 Å². The molecule has 0 nitrogen and oxygen atoms in total. The largest absolute Gasteiger partial charge is 0.0776 e. The van der Waals surface area contributed by atoms with Crippen molar-refractivity contribution in [2.24, 2.45) is 0 Å². The Bertz CT molecular complexity index is 12.0. The van der Waals surface area contributed by atoms with Gasteiger partial charge in [-0.1, -0.05) is 106 Å². The SMILES string of the molecule is C.C.C.C.C.C.C.C.C.CCCCCC. The Kier molecular flexibility index (Phi) is 1160. The Morgan fingerprint density at radius 1 is 0.400 bits per heavy atom. The van der Waals surface area contributed by atoms with Crippen LogP contribution in [-0.2, 0) is 0 Å². The number of hydrogen-bond donors (Lipinski definition) is 0. The van der Waals surface area contributed by atoms with Crippen molar-refractivity contribution in [1.82, 2.24) is 0 Å². The van der Waals surface area contributed by atoms with E-state index < -0.39 is 0 Å². The van der Waals surface area contributed by atoms with Gasteiger partial charge in [0.05, 0.1) is 0 Å². The standard InChI is InChI=1S/C6H14.9CH4/c1-3-5-6-4-2;;;;;;;;;/h3-6H2,1-2H3;9*1H4. The van der Waals surface area contributed by atoms with E-state index in [9.17, 15) is 0 Å². The summed E-state index contributed by atoms with van der Waals surface area (Å²) in [6.07, 6.45) is 5.54. The lowest BCUT2D eigenvalue weighted by Gasteiger charge is -1.86. The fraction of sp³-hybridized carbons (Fsp3) is 1.00. The lowest BCUT2D eigenvalue weighted by Crippen LogP contribution is -1.66. The fourth-order valence-corrected chi connectivity index (χ4v) is 0.500. The minimum absolute atomic E-state index is 0. The van der Waals surface area contributed by atoms with E-state index in [1.165, 1.54) is 25.7 Å². The second-order valence-electron chi connectivity index (χ2n) is 1.71. The summed E-state index contributed by atoms with van der Waals surface area (Å²) >= 11 is 0. The van der Waals surface area contributed by atoms with E-state index in [4.69, 9.17) is 0 Å². The third kappa shape index (κ3) is 224. The predicted molar refractivity (Wildman–Crippen MR) is 90.4 cm³/mol. The van der Waals surface area contributed by atoms with Gasteiger partial charge in [0.25, 0.3) is 0 Å². The van der Waals surface area contributed by atoms with Gasteiger partial charge in [0, 0.05) is 0 Å². The van der Waals surface area contributed by atoms with Gasteiger partial charge in [-0.25, -0.2) is 0 Å². The molecule has 0 bridgehead atoms. The monoisotopic (exact) mass is 230 g/mol. The van der Waals surface area contributed by atoms with Crippen LogP contribution in [0, 0.1) is 0 Å². The molecule has 0 saturated heterocycles. The van der Waals surface area contributed by atoms with E-state index in [1.54, 1.807) is 0 Å². The molecule has 0 aromatic heterocycles. The molecule has 110 valence electrons. The van der Waals surface area contributed by atoms with Crippen LogP contribution in [0.5, 0.6) is 0 Å². The molecule has 0 spiro atoms. The van der Waals surface area contributed by atoms with E-state index in [2.05, 4.69) is 13.8 Å².